The quantitative estimate of drug-likeness (QED) is 0.357. The van der Waals surface area contributed by atoms with Gasteiger partial charge in [-0.1, -0.05) is 23.7 Å². The number of benzene rings is 1. The van der Waals surface area contributed by atoms with Gasteiger partial charge >= 0.3 is 0 Å². The van der Waals surface area contributed by atoms with E-state index in [1.807, 2.05) is 38.1 Å². The number of nitrogens with zero attached hydrogens (tertiary/aromatic N) is 1. The Balaban J connectivity index is 2.33. The zero-order valence-electron chi connectivity index (χ0n) is 11.4. The van der Waals surface area contributed by atoms with Gasteiger partial charge in [-0.3, -0.25) is 16.0 Å². The van der Waals surface area contributed by atoms with Crippen molar-refractivity contribution in [2.75, 3.05) is 6.54 Å². The monoisotopic (exact) mass is 283 g/mol. The van der Waals surface area contributed by atoms with Crippen LogP contribution < -0.4 is 22.1 Å². The fourth-order valence-corrected chi connectivity index (χ4v) is 1.69. The highest BCUT2D eigenvalue weighted by atomic mass is 35.5. The molecular weight excluding hydrogens is 262 g/mol. The molecule has 6 N–H and O–H groups in total. The summed E-state index contributed by atoms with van der Waals surface area (Å²) in [6.45, 7) is 4.62. The van der Waals surface area contributed by atoms with Crippen LogP contribution in [0.4, 0.5) is 0 Å². The predicted molar refractivity (Wildman–Crippen MR) is 81.0 cm³/mol. The summed E-state index contributed by atoms with van der Waals surface area (Å²) < 4.78 is 0. The molecule has 0 aromatic heterocycles. The zero-order chi connectivity index (χ0) is 14.3. The van der Waals surface area contributed by atoms with Gasteiger partial charge in [0.1, 0.15) is 6.29 Å². The Kier molecular flexibility index (Phi) is 6.62. The van der Waals surface area contributed by atoms with Crippen molar-refractivity contribution < 1.29 is 0 Å². The molecule has 0 fully saturated rings. The summed E-state index contributed by atoms with van der Waals surface area (Å²) in [5, 5.41) is 6.69. The van der Waals surface area contributed by atoms with Gasteiger partial charge in [0.25, 0.3) is 0 Å². The van der Waals surface area contributed by atoms with E-state index in [9.17, 15) is 0 Å². The minimum Gasteiger partial charge on any atom is -0.370 e. The Morgan fingerprint density at radius 2 is 1.95 bits per heavy atom. The maximum absolute atomic E-state index is 5.82. The summed E-state index contributed by atoms with van der Waals surface area (Å²) in [6.07, 6.45) is 0.422. The van der Waals surface area contributed by atoms with Crippen LogP contribution in [0.3, 0.4) is 0 Å². The van der Waals surface area contributed by atoms with Gasteiger partial charge in [0.15, 0.2) is 5.96 Å². The molecule has 1 rings (SSSR count). The minimum atomic E-state index is -0.390. The van der Waals surface area contributed by atoms with Crippen LogP contribution in [0, 0.1) is 0 Å². The summed E-state index contributed by atoms with van der Waals surface area (Å²) in [7, 11) is 0. The number of halogens is 1. The van der Waals surface area contributed by atoms with Crippen LogP contribution in [0.5, 0.6) is 0 Å². The SMILES string of the molecule is CC(C)NC(N)NC(N)=NCCc1ccc(Cl)cc1. The molecule has 1 unspecified atom stereocenters. The molecule has 0 amide bonds. The van der Waals surface area contributed by atoms with Crippen molar-refractivity contribution in [1.82, 2.24) is 10.6 Å². The Hall–Kier alpha value is -1.30. The first-order chi connectivity index (χ1) is 8.97. The normalized spacial score (nSPS) is 13.6. The van der Waals surface area contributed by atoms with Crippen LogP contribution >= 0.6 is 11.6 Å². The Labute approximate surface area is 119 Å². The number of nitrogens with one attached hydrogen (secondary N) is 2. The lowest BCUT2D eigenvalue weighted by molar-refractivity contribution is 0.450. The molecule has 0 saturated heterocycles. The highest BCUT2D eigenvalue weighted by Crippen LogP contribution is 2.09. The van der Waals surface area contributed by atoms with Crippen molar-refractivity contribution in [3.05, 3.63) is 34.9 Å². The molecule has 0 aliphatic carbocycles. The average molecular weight is 284 g/mol. The first-order valence-corrected chi connectivity index (χ1v) is 6.67. The van der Waals surface area contributed by atoms with E-state index >= 15 is 0 Å². The van der Waals surface area contributed by atoms with Gasteiger partial charge in [-0.15, -0.1) is 0 Å². The molecule has 1 aromatic carbocycles. The van der Waals surface area contributed by atoms with E-state index in [0.717, 1.165) is 11.4 Å². The molecule has 0 aliphatic heterocycles. The van der Waals surface area contributed by atoms with Gasteiger partial charge in [-0.2, -0.15) is 0 Å². The Bertz CT molecular complexity index is 402. The number of hydrogen-bond donors (Lipinski definition) is 4. The second-order valence-electron chi connectivity index (χ2n) is 4.59. The summed E-state index contributed by atoms with van der Waals surface area (Å²) in [5.74, 6) is 0.342. The molecular formula is C13H22ClN5. The molecule has 6 heteroatoms. The van der Waals surface area contributed by atoms with E-state index in [0.29, 0.717) is 12.5 Å². The molecule has 0 aliphatic rings. The second kappa shape index (κ2) is 7.99. The standard InChI is InChI=1S/C13H22ClN5/c1-9(2)18-13(16)19-12(15)17-8-7-10-3-5-11(14)6-4-10/h3-6,9,13,18H,7-8,16H2,1-2H3,(H3,15,17,19). The average Bonchev–Trinajstić information content (AvgIpc) is 2.30. The highest BCUT2D eigenvalue weighted by Gasteiger charge is 2.03. The number of aliphatic imine (C=N–C) groups is 1. The first-order valence-electron chi connectivity index (χ1n) is 6.30. The van der Waals surface area contributed by atoms with Gasteiger partial charge in [0.05, 0.1) is 0 Å². The molecule has 5 nitrogen and oxygen atoms in total. The van der Waals surface area contributed by atoms with Gasteiger partial charge < -0.3 is 11.1 Å². The lowest BCUT2D eigenvalue weighted by atomic mass is 10.1. The summed E-state index contributed by atoms with van der Waals surface area (Å²) in [5.41, 5.74) is 12.7. The van der Waals surface area contributed by atoms with Gasteiger partial charge in [-0.25, -0.2) is 0 Å². The molecule has 106 valence electrons. The maximum atomic E-state index is 5.82. The molecule has 0 heterocycles. The molecule has 19 heavy (non-hydrogen) atoms. The lowest BCUT2D eigenvalue weighted by Gasteiger charge is -2.18. The van der Waals surface area contributed by atoms with Crippen molar-refractivity contribution in [3.63, 3.8) is 0 Å². The van der Waals surface area contributed by atoms with Gasteiger partial charge in [-0.05, 0) is 38.0 Å². The maximum Gasteiger partial charge on any atom is 0.190 e. The molecule has 0 saturated carbocycles. The fraction of sp³-hybridized carbons (Fsp3) is 0.462. The third kappa shape index (κ3) is 7.00. The molecule has 1 aromatic rings. The predicted octanol–water partition coefficient (Wildman–Crippen LogP) is 1.03. The van der Waals surface area contributed by atoms with Crippen LogP contribution in [0.15, 0.2) is 29.3 Å². The fourth-order valence-electron chi connectivity index (χ4n) is 1.56. The van der Waals surface area contributed by atoms with Crippen molar-refractivity contribution in [2.24, 2.45) is 16.5 Å². The zero-order valence-corrected chi connectivity index (χ0v) is 12.1. The van der Waals surface area contributed by atoms with Crippen molar-refractivity contribution in [1.29, 1.82) is 0 Å². The van der Waals surface area contributed by atoms with Crippen LogP contribution in [0.2, 0.25) is 5.02 Å². The lowest BCUT2D eigenvalue weighted by Crippen LogP contribution is -2.55. The first kappa shape index (κ1) is 15.8. The van der Waals surface area contributed by atoms with E-state index in [2.05, 4.69) is 15.6 Å². The van der Waals surface area contributed by atoms with Crippen LogP contribution in [-0.4, -0.2) is 24.8 Å². The minimum absolute atomic E-state index is 0.282. The second-order valence-corrected chi connectivity index (χ2v) is 5.02. The smallest absolute Gasteiger partial charge is 0.190 e. The van der Waals surface area contributed by atoms with E-state index in [-0.39, 0.29) is 12.3 Å². The summed E-state index contributed by atoms with van der Waals surface area (Å²) in [6, 6.07) is 7.97. The van der Waals surface area contributed by atoms with E-state index in [1.54, 1.807) is 0 Å². The van der Waals surface area contributed by atoms with Crippen LogP contribution in [0.25, 0.3) is 0 Å². The molecule has 1 atom stereocenters. The third-order valence-electron chi connectivity index (χ3n) is 2.41. The number of hydrogen-bond acceptors (Lipinski definition) is 3. The Morgan fingerprint density at radius 3 is 2.53 bits per heavy atom. The van der Waals surface area contributed by atoms with Gasteiger partial charge in [0.2, 0.25) is 0 Å². The number of nitrogens with two attached hydrogens (primary N) is 2. The van der Waals surface area contributed by atoms with Crippen molar-refractivity contribution >= 4 is 17.6 Å². The van der Waals surface area contributed by atoms with E-state index < -0.39 is 0 Å². The Morgan fingerprint density at radius 1 is 1.32 bits per heavy atom. The van der Waals surface area contributed by atoms with E-state index in [4.69, 9.17) is 23.1 Å². The van der Waals surface area contributed by atoms with Crippen LogP contribution in [-0.2, 0) is 6.42 Å². The third-order valence-corrected chi connectivity index (χ3v) is 2.66. The largest absolute Gasteiger partial charge is 0.370 e. The van der Waals surface area contributed by atoms with Crippen molar-refractivity contribution in [2.45, 2.75) is 32.6 Å². The summed E-state index contributed by atoms with van der Waals surface area (Å²) in [4.78, 5) is 4.22. The topological polar surface area (TPSA) is 88.5 Å². The number of guanidine groups is 1. The molecule has 0 spiro atoms. The highest BCUT2D eigenvalue weighted by molar-refractivity contribution is 6.30. The van der Waals surface area contributed by atoms with Crippen LogP contribution in [0.1, 0.15) is 19.4 Å². The van der Waals surface area contributed by atoms with Crippen molar-refractivity contribution in [3.8, 4) is 0 Å². The number of rotatable bonds is 6. The summed E-state index contributed by atoms with van der Waals surface area (Å²) >= 11 is 5.82. The van der Waals surface area contributed by atoms with E-state index in [1.165, 1.54) is 5.56 Å². The molecule has 0 bridgehead atoms. The molecule has 0 radical (unpaired) electrons. The van der Waals surface area contributed by atoms with Gasteiger partial charge in [0, 0.05) is 17.6 Å².